The zero-order chi connectivity index (χ0) is 22.7. The van der Waals surface area contributed by atoms with Gasteiger partial charge in [-0.25, -0.2) is 13.8 Å². The van der Waals surface area contributed by atoms with Gasteiger partial charge in [0.2, 0.25) is 0 Å². The van der Waals surface area contributed by atoms with Crippen LogP contribution >= 0.6 is 0 Å². The average Bonchev–Trinajstić information content (AvgIpc) is 3.36. The molecule has 0 atom stereocenters. The summed E-state index contributed by atoms with van der Waals surface area (Å²) in [7, 11) is 0. The van der Waals surface area contributed by atoms with E-state index < -0.39 is 0 Å². The van der Waals surface area contributed by atoms with Gasteiger partial charge in [-0.1, -0.05) is 5.21 Å². The van der Waals surface area contributed by atoms with Crippen LogP contribution in [0.15, 0.2) is 42.5 Å². The highest BCUT2D eigenvalue weighted by atomic mass is 19.1. The van der Waals surface area contributed by atoms with Crippen molar-refractivity contribution in [1.29, 1.82) is 5.26 Å². The molecule has 4 aromatic rings. The van der Waals surface area contributed by atoms with E-state index in [0.29, 0.717) is 48.4 Å². The molecule has 2 aromatic carbocycles. The minimum atomic E-state index is -0.370. The van der Waals surface area contributed by atoms with Crippen LogP contribution in [-0.4, -0.2) is 37.2 Å². The molecule has 0 bridgehead atoms. The third-order valence-corrected chi connectivity index (χ3v) is 5.13. The number of halogens is 1. The van der Waals surface area contributed by atoms with Crippen LogP contribution in [0.25, 0.3) is 16.7 Å². The van der Waals surface area contributed by atoms with Gasteiger partial charge in [0.05, 0.1) is 16.9 Å². The molecule has 2 heterocycles. The number of nitrogens with one attached hydrogen (secondary N) is 1. The SMILES string of the molecule is CCn1nnc2cc(C(=O)NCCCc3nn(-c4ccc(F)cc4)c(N)c3C#N)ccc21. The van der Waals surface area contributed by atoms with Crippen molar-refractivity contribution < 1.29 is 9.18 Å². The Labute approximate surface area is 183 Å². The molecule has 4 rings (SSSR count). The van der Waals surface area contributed by atoms with Gasteiger partial charge in [0, 0.05) is 18.7 Å². The van der Waals surface area contributed by atoms with Crippen LogP contribution in [-0.2, 0) is 13.0 Å². The second kappa shape index (κ2) is 8.85. The van der Waals surface area contributed by atoms with E-state index in [1.807, 2.05) is 13.0 Å². The molecule has 0 unspecified atom stereocenters. The van der Waals surface area contributed by atoms with Gasteiger partial charge in [0.1, 0.15) is 28.8 Å². The second-order valence-corrected chi connectivity index (χ2v) is 7.18. The Hall–Kier alpha value is -4.26. The van der Waals surface area contributed by atoms with Crippen molar-refractivity contribution in [3.63, 3.8) is 0 Å². The lowest BCUT2D eigenvalue weighted by Gasteiger charge is -2.05. The van der Waals surface area contributed by atoms with Crippen molar-refractivity contribution in [2.45, 2.75) is 26.3 Å². The number of nitriles is 1. The number of carbonyl (C=O) groups excluding carboxylic acids is 1. The van der Waals surface area contributed by atoms with Gasteiger partial charge in [-0.2, -0.15) is 10.4 Å². The van der Waals surface area contributed by atoms with Gasteiger partial charge >= 0.3 is 0 Å². The number of benzene rings is 2. The predicted molar refractivity (Wildman–Crippen MR) is 117 cm³/mol. The van der Waals surface area contributed by atoms with Gasteiger partial charge < -0.3 is 11.1 Å². The van der Waals surface area contributed by atoms with Gasteiger partial charge in [0.25, 0.3) is 5.91 Å². The molecule has 162 valence electrons. The largest absolute Gasteiger partial charge is 0.382 e. The number of fused-ring (bicyclic) bond motifs is 1. The summed E-state index contributed by atoms with van der Waals surface area (Å²) in [5.74, 6) is -0.383. The number of amides is 1. The number of aromatic nitrogens is 5. The van der Waals surface area contributed by atoms with Gasteiger partial charge in [-0.05, 0) is 62.2 Å². The lowest BCUT2D eigenvalue weighted by Crippen LogP contribution is -2.24. The Balaban J connectivity index is 1.39. The number of carbonyl (C=O) groups is 1. The van der Waals surface area contributed by atoms with Gasteiger partial charge in [-0.3, -0.25) is 4.79 Å². The minimum Gasteiger partial charge on any atom is -0.382 e. The molecule has 1 amide bonds. The van der Waals surface area contributed by atoms with Crippen LogP contribution in [0.2, 0.25) is 0 Å². The fraction of sp³-hybridized carbons (Fsp3) is 0.227. The van der Waals surface area contributed by atoms with Crippen molar-refractivity contribution in [1.82, 2.24) is 30.1 Å². The lowest BCUT2D eigenvalue weighted by atomic mass is 10.1. The van der Waals surface area contributed by atoms with Crippen LogP contribution < -0.4 is 11.1 Å². The minimum absolute atomic E-state index is 0.201. The maximum absolute atomic E-state index is 13.2. The van der Waals surface area contributed by atoms with Gasteiger partial charge in [0.15, 0.2) is 0 Å². The molecule has 10 heteroatoms. The van der Waals surface area contributed by atoms with E-state index in [-0.39, 0.29) is 23.1 Å². The third-order valence-electron chi connectivity index (χ3n) is 5.13. The van der Waals surface area contributed by atoms with Crippen molar-refractivity contribution in [3.8, 4) is 11.8 Å². The number of anilines is 1. The fourth-order valence-electron chi connectivity index (χ4n) is 3.46. The number of nitrogens with two attached hydrogens (primary N) is 1. The summed E-state index contributed by atoms with van der Waals surface area (Å²) in [6.45, 7) is 3.07. The zero-order valence-electron chi connectivity index (χ0n) is 17.4. The first-order chi connectivity index (χ1) is 15.5. The van der Waals surface area contributed by atoms with Crippen LogP contribution in [0.4, 0.5) is 10.2 Å². The van der Waals surface area contributed by atoms with E-state index in [9.17, 15) is 14.4 Å². The van der Waals surface area contributed by atoms with Crippen LogP contribution in [0.5, 0.6) is 0 Å². The van der Waals surface area contributed by atoms with E-state index >= 15 is 0 Å². The monoisotopic (exact) mass is 432 g/mol. The number of rotatable bonds is 7. The molecule has 0 saturated carbocycles. The Morgan fingerprint density at radius 2 is 2.03 bits per heavy atom. The summed E-state index contributed by atoms with van der Waals surface area (Å²) in [5, 5.41) is 24.9. The molecule has 0 radical (unpaired) electrons. The molecule has 0 aliphatic heterocycles. The Bertz CT molecular complexity index is 1320. The molecule has 2 aromatic heterocycles. The van der Waals surface area contributed by atoms with Crippen molar-refractivity contribution in [2.75, 3.05) is 12.3 Å². The number of hydrogen-bond acceptors (Lipinski definition) is 6. The van der Waals surface area contributed by atoms with E-state index in [2.05, 4.69) is 26.8 Å². The first kappa shape index (κ1) is 21.0. The summed E-state index contributed by atoms with van der Waals surface area (Å²) in [6.07, 6.45) is 1.01. The maximum Gasteiger partial charge on any atom is 0.251 e. The first-order valence-corrected chi connectivity index (χ1v) is 10.2. The number of nitrogen functional groups attached to an aromatic ring is 1. The van der Waals surface area contributed by atoms with Crippen LogP contribution in [0.1, 0.15) is 35.0 Å². The number of aryl methyl sites for hydroxylation is 2. The zero-order valence-corrected chi connectivity index (χ0v) is 17.4. The van der Waals surface area contributed by atoms with E-state index in [1.54, 1.807) is 28.9 Å². The topological polar surface area (TPSA) is 127 Å². The number of nitrogens with zero attached hydrogens (tertiary/aromatic N) is 6. The number of hydrogen-bond donors (Lipinski definition) is 2. The first-order valence-electron chi connectivity index (χ1n) is 10.2. The molecule has 0 spiro atoms. The van der Waals surface area contributed by atoms with Crippen molar-refractivity contribution >= 4 is 22.8 Å². The highest BCUT2D eigenvalue weighted by Gasteiger charge is 2.17. The summed E-state index contributed by atoms with van der Waals surface area (Å²) in [5.41, 5.74) is 9.50. The Morgan fingerprint density at radius 1 is 1.25 bits per heavy atom. The molecule has 0 aliphatic rings. The molecule has 9 nitrogen and oxygen atoms in total. The Kier molecular flexibility index (Phi) is 5.81. The maximum atomic E-state index is 13.2. The fourth-order valence-corrected chi connectivity index (χ4v) is 3.46. The smallest absolute Gasteiger partial charge is 0.251 e. The van der Waals surface area contributed by atoms with Crippen LogP contribution in [0, 0.1) is 17.1 Å². The quantitative estimate of drug-likeness (QED) is 0.432. The highest BCUT2D eigenvalue weighted by molar-refractivity contribution is 5.97. The van der Waals surface area contributed by atoms with Gasteiger partial charge in [-0.15, -0.1) is 5.10 Å². The average molecular weight is 432 g/mol. The van der Waals surface area contributed by atoms with E-state index in [0.717, 1.165) is 5.52 Å². The molecule has 0 saturated heterocycles. The molecule has 32 heavy (non-hydrogen) atoms. The predicted octanol–water partition coefficient (Wildman–Crippen LogP) is 2.59. The Morgan fingerprint density at radius 3 is 2.75 bits per heavy atom. The van der Waals surface area contributed by atoms with E-state index in [4.69, 9.17) is 5.73 Å². The molecular formula is C22H21FN8O. The van der Waals surface area contributed by atoms with Crippen LogP contribution in [0.3, 0.4) is 0 Å². The third kappa shape index (κ3) is 4.00. The summed E-state index contributed by atoms with van der Waals surface area (Å²) >= 11 is 0. The standard InChI is InChI=1S/C22H21FN8O/c1-2-30-20-10-5-14(12-19(20)27-29-30)22(32)26-11-3-4-18-17(13-24)21(25)31(28-18)16-8-6-15(23)7-9-16/h5-10,12H,2-4,11,25H2,1H3,(H,26,32). The summed E-state index contributed by atoms with van der Waals surface area (Å²) in [4.78, 5) is 12.5. The normalized spacial score (nSPS) is 10.9. The lowest BCUT2D eigenvalue weighted by molar-refractivity contribution is 0.0953. The van der Waals surface area contributed by atoms with E-state index in [1.165, 1.54) is 16.8 Å². The van der Waals surface area contributed by atoms with Crippen molar-refractivity contribution in [3.05, 3.63) is 65.1 Å². The summed E-state index contributed by atoms with van der Waals surface area (Å²) < 4.78 is 16.4. The van der Waals surface area contributed by atoms with Crippen molar-refractivity contribution in [2.24, 2.45) is 0 Å². The molecular weight excluding hydrogens is 411 g/mol. The summed E-state index contributed by atoms with van der Waals surface area (Å²) in [6, 6.07) is 13.1. The highest BCUT2D eigenvalue weighted by Crippen LogP contribution is 2.21. The molecule has 0 aliphatic carbocycles. The molecule has 3 N–H and O–H groups in total. The molecule has 0 fully saturated rings. The second-order valence-electron chi connectivity index (χ2n) is 7.18.